The van der Waals surface area contributed by atoms with Gasteiger partial charge in [0, 0.05) is 34.8 Å². The highest BCUT2D eigenvalue weighted by molar-refractivity contribution is 8.27. The summed E-state index contributed by atoms with van der Waals surface area (Å²) in [6.45, 7) is 5.17. The fraction of sp³-hybridized carbons (Fsp3) is 0.276. The number of thiocarbonyl (C=S) groups is 1. The van der Waals surface area contributed by atoms with Gasteiger partial charge in [-0.15, -0.1) is 6.58 Å². The molecule has 6 rings (SSSR count). The first-order valence-electron chi connectivity index (χ1n) is 12.6. The Bertz CT molecular complexity index is 1370. The normalized spacial score (nSPS) is 25.4. The maximum absolute atomic E-state index is 13.1. The van der Waals surface area contributed by atoms with Gasteiger partial charge in [-0.05, 0) is 54.3 Å². The van der Waals surface area contributed by atoms with E-state index in [4.69, 9.17) is 17.0 Å². The second kappa shape index (κ2) is 10.6. The van der Waals surface area contributed by atoms with Gasteiger partial charge in [0.05, 0.1) is 11.6 Å². The van der Waals surface area contributed by atoms with Gasteiger partial charge in [-0.25, -0.2) is 0 Å². The van der Waals surface area contributed by atoms with Gasteiger partial charge in [0.2, 0.25) is 0 Å². The van der Waals surface area contributed by atoms with Gasteiger partial charge in [-0.1, -0.05) is 72.5 Å². The van der Waals surface area contributed by atoms with Crippen molar-refractivity contribution in [3.63, 3.8) is 0 Å². The van der Waals surface area contributed by atoms with Crippen LogP contribution in [0.3, 0.4) is 0 Å². The maximum atomic E-state index is 13.1. The third-order valence-corrected chi connectivity index (χ3v) is 10.1. The molecule has 9 heteroatoms. The van der Waals surface area contributed by atoms with Crippen LogP contribution in [0.4, 0.5) is 11.4 Å². The molecule has 3 heterocycles. The molecule has 0 spiro atoms. The smallest absolute Gasteiger partial charge is 0.294 e. The lowest BCUT2D eigenvalue weighted by atomic mass is 9.96. The Morgan fingerprint density at radius 1 is 1.13 bits per heavy atom. The number of amides is 1. The van der Waals surface area contributed by atoms with E-state index in [1.807, 2.05) is 4.90 Å². The van der Waals surface area contributed by atoms with Crippen LogP contribution >= 0.6 is 35.7 Å². The highest BCUT2D eigenvalue weighted by atomic mass is 32.2. The molecular formula is C29H27N3O3S3. The summed E-state index contributed by atoms with van der Waals surface area (Å²) in [5.74, 6) is 0.407. The monoisotopic (exact) mass is 561 g/mol. The molecule has 3 fully saturated rings. The third kappa shape index (κ3) is 4.46. The molecule has 2 unspecified atom stereocenters. The van der Waals surface area contributed by atoms with Crippen molar-refractivity contribution in [1.82, 2.24) is 9.80 Å². The highest BCUT2D eigenvalue weighted by Crippen LogP contribution is 2.53. The molecule has 0 aromatic heterocycles. The minimum absolute atomic E-state index is 0.0781. The van der Waals surface area contributed by atoms with Crippen LogP contribution < -0.4 is 4.90 Å². The largest absolute Gasteiger partial charge is 0.446 e. The van der Waals surface area contributed by atoms with Crippen LogP contribution in [0.5, 0.6) is 0 Å². The Morgan fingerprint density at radius 3 is 2.76 bits per heavy atom. The summed E-state index contributed by atoms with van der Waals surface area (Å²) in [7, 11) is 0. The van der Waals surface area contributed by atoms with Crippen molar-refractivity contribution in [2.75, 3.05) is 24.7 Å². The summed E-state index contributed by atoms with van der Waals surface area (Å²) in [6, 6.07) is 18.0. The van der Waals surface area contributed by atoms with Gasteiger partial charge in [0.25, 0.3) is 12.4 Å². The van der Waals surface area contributed by atoms with E-state index in [2.05, 4.69) is 66.1 Å². The Hall–Kier alpha value is -3.01. The molecule has 3 aliphatic heterocycles. The first-order chi connectivity index (χ1) is 18.6. The SMILES string of the molecule is C=CCN1C(=O)C(=C2SC(=Cc3ccc4c(c3)C3CCCC3N4c3ccccc3)CN2COC=O)SC1=S. The van der Waals surface area contributed by atoms with Gasteiger partial charge in [0.1, 0.15) is 9.23 Å². The second-order valence-corrected chi connectivity index (χ2v) is 12.4. The molecule has 194 valence electrons. The van der Waals surface area contributed by atoms with Crippen molar-refractivity contribution >= 4 is 69.9 Å². The molecule has 0 bridgehead atoms. The summed E-state index contributed by atoms with van der Waals surface area (Å²) < 4.78 is 5.60. The molecule has 2 atom stereocenters. The molecule has 1 aliphatic carbocycles. The van der Waals surface area contributed by atoms with Crippen LogP contribution in [0.15, 0.2) is 76.0 Å². The van der Waals surface area contributed by atoms with Crippen molar-refractivity contribution in [1.29, 1.82) is 0 Å². The second-order valence-electron chi connectivity index (χ2n) is 9.64. The quantitative estimate of drug-likeness (QED) is 0.171. The van der Waals surface area contributed by atoms with Gasteiger partial charge < -0.3 is 14.5 Å². The molecule has 38 heavy (non-hydrogen) atoms. The number of hydrogen-bond acceptors (Lipinski definition) is 8. The van der Waals surface area contributed by atoms with E-state index in [1.165, 1.54) is 48.0 Å². The molecule has 2 aromatic rings. The van der Waals surface area contributed by atoms with E-state index in [1.54, 1.807) is 22.7 Å². The predicted molar refractivity (Wildman–Crippen MR) is 159 cm³/mol. The van der Waals surface area contributed by atoms with Gasteiger partial charge in [-0.2, -0.15) is 0 Å². The minimum Gasteiger partial charge on any atom is -0.446 e. The standard InChI is InChI=1S/C29H27N3O3S3/c1-2-13-31-27(34)26(38-29(31)36)28-30(17-35-18-33)16-21(37-28)14-19-11-12-25-23(15-19)22-9-6-10-24(22)32(25)20-7-4-3-5-8-20/h2-5,7-8,11-12,14-15,18,22,24H,1,6,9-10,13,16-17H2. The van der Waals surface area contributed by atoms with Crippen molar-refractivity contribution in [2.45, 2.75) is 31.2 Å². The summed E-state index contributed by atoms with van der Waals surface area (Å²) in [5.41, 5.74) is 5.12. The van der Waals surface area contributed by atoms with Gasteiger partial charge in [-0.3, -0.25) is 14.5 Å². The number of rotatable bonds is 7. The van der Waals surface area contributed by atoms with Crippen molar-refractivity contribution in [3.05, 3.63) is 87.2 Å². The third-order valence-electron chi connectivity index (χ3n) is 7.40. The lowest BCUT2D eigenvalue weighted by Crippen LogP contribution is -2.29. The lowest BCUT2D eigenvalue weighted by molar-refractivity contribution is -0.131. The summed E-state index contributed by atoms with van der Waals surface area (Å²) in [5, 5.41) is 0.772. The zero-order chi connectivity index (χ0) is 26.2. The first-order valence-corrected chi connectivity index (χ1v) is 14.7. The number of anilines is 2. The van der Waals surface area contributed by atoms with E-state index in [9.17, 15) is 9.59 Å². The number of para-hydroxylation sites is 1. The molecule has 0 radical (unpaired) electrons. The van der Waals surface area contributed by atoms with Crippen LogP contribution in [-0.4, -0.2) is 52.4 Å². The number of ether oxygens (including phenoxy) is 1. The molecule has 2 aromatic carbocycles. The van der Waals surface area contributed by atoms with Crippen LogP contribution in [0.2, 0.25) is 0 Å². The van der Waals surface area contributed by atoms with E-state index in [0.29, 0.717) is 40.7 Å². The number of fused-ring (bicyclic) bond motifs is 3. The Kier molecular flexibility index (Phi) is 7.07. The fourth-order valence-electron chi connectivity index (χ4n) is 5.86. The molecular weight excluding hydrogens is 535 g/mol. The highest BCUT2D eigenvalue weighted by Gasteiger charge is 2.42. The van der Waals surface area contributed by atoms with Gasteiger partial charge >= 0.3 is 0 Å². The Balaban J connectivity index is 1.31. The summed E-state index contributed by atoms with van der Waals surface area (Å²) >= 11 is 8.27. The molecule has 2 saturated heterocycles. The van der Waals surface area contributed by atoms with Crippen molar-refractivity contribution < 1.29 is 14.3 Å². The van der Waals surface area contributed by atoms with Gasteiger partial charge in [0.15, 0.2) is 6.73 Å². The zero-order valence-electron chi connectivity index (χ0n) is 20.7. The van der Waals surface area contributed by atoms with Crippen LogP contribution in [0, 0.1) is 0 Å². The molecule has 6 nitrogen and oxygen atoms in total. The zero-order valence-corrected chi connectivity index (χ0v) is 23.2. The fourth-order valence-corrected chi connectivity index (χ4v) is 8.46. The maximum Gasteiger partial charge on any atom is 0.294 e. The Labute approximate surface area is 236 Å². The van der Waals surface area contributed by atoms with E-state index >= 15 is 0 Å². The number of carbonyl (C=O) groups excluding carboxylic acids is 2. The molecule has 0 N–H and O–H groups in total. The number of hydrogen-bond donors (Lipinski definition) is 0. The van der Waals surface area contributed by atoms with Crippen molar-refractivity contribution in [3.8, 4) is 0 Å². The van der Waals surface area contributed by atoms with E-state index in [0.717, 1.165) is 15.5 Å². The number of benzene rings is 2. The van der Waals surface area contributed by atoms with Crippen LogP contribution in [-0.2, 0) is 14.3 Å². The molecule has 1 amide bonds. The average Bonchev–Trinajstić information content (AvgIpc) is 3.68. The first kappa shape index (κ1) is 25.3. The van der Waals surface area contributed by atoms with E-state index < -0.39 is 0 Å². The summed E-state index contributed by atoms with van der Waals surface area (Å²) in [6.07, 6.45) is 7.52. The molecule has 4 aliphatic rings. The lowest BCUT2D eigenvalue weighted by Gasteiger charge is -2.27. The number of nitrogens with zero attached hydrogens (tertiary/aromatic N) is 3. The molecule has 1 saturated carbocycles. The summed E-state index contributed by atoms with van der Waals surface area (Å²) in [4.78, 5) is 31.7. The van der Waals surface area contributed by atoms with Crippen LogP contribution in [0.25, 0.3) is 6.08 Å². The van der Waals surface area contributed by atoms with Crippen LogP contribution in [0.1, 0.15) is 36.3 Å². The number of carbonyl (C=O) groups is 2. The Morgan fingerprint density at radius 2 is 1.97 bits per heavy atom. The number of thioether (sulfide) groups is 2. The predicted octanol–water partition coefficient (Wildman–Crippen LogP) is 6.21. The average molecular weight is 562 g/mol. The minimum atomic E-state index is -0.134. The topological polar surface area (TPSA) is 53.1 Å². The van der Waals surface area contributed by atoms with E-state index in [-0.39, 0.29) is 12.6 Å². The van der Waals surface area contributed by atoms with Crippen molar-refractivity contribution in [2.24, 2.45) is 0 Å².